The van der Waals surface area contributed by atoms with Gasteiger partial charge in [-0.2, -0.15) is 4.31 Å². The lowest BCUT2D eigenvalue weighted by molar-refractivity contribution is -0.144. The third-order valence-corrected chi connectivity index (χ3v) is 5.03. The highest BCUT2D eigenvalue weighted by Crippen LogP contribution is 2.26. The Labute approximate surface area is 108 Å². The van der Waals surface area contributed by atoms with Crippen LogP contribution in [0.2, 0.25) is 0 Å². The molecule has 0 saturated carbocycles. The first-order valence-electron chi connectivity index (χ1n) is 5.82. The predicted octanol–water partition coefficient (Wildman–Crippen LogP) is -0.0295. The highest BCUT2D eigenvalue weighted by Gasteiger charge is 2.44. The van der Waals surface area contributed by atoms with Crippen molar-refractivity contribution in [2.75, 3.05) is 19.4 Å². The lowest BCUT2D eigenvalue weighted by atomic mass is 10.0. The van der Waals surface area contributed by atoms with E-state index in [1.165, 1.54) is 7.11 Å². The van der Waals surface area contributed by atoms with E-state index in [2.05, 4.69) is 4.74 Å². The summed E-state index contributed by atoms with van der Waals surface area (Å²) in [6, 6.07) is -0.905. The van der Waals surface area contributed by atoms with Gasteiger partial charge < -0.3 is 9.84 Å². The van der Waals surface area contributed by atoms with Crippen LogP contribution in [0.15, 0.2) is 0 Å². The minimum Gasteiger partial charge on any atom is -0.468 e. The number of carbonyl (C=O) groups excluding carboxylic acids is 1. The number of rotatable bonds is 3. The molecule has 1 aliphatic rings. The van der Waals surface area contributed by atoms with Crippen molar-refractivity contribution in [2.45, 2.75) is 39.3 Å². The van der Waals surface area contributed by atoms with Gasteiger partial charge in [-0.05, 0) is 5.41 Å². The van der Waals surface area contributed by atoms with Crippen LogP contribution in [-0.2, 0) is 19.6 Å². The number of aliphatic hydroxyl groups excluding tert-OH is 1. The Bertz CT molecular complexity index is 412. The number of β-amino-alcohol motifs (C(OH)–C–C–N with tert-alkyl or cyclic N) is 1. The van der Waals surface area contributed by atoms with Crippen LogP contribution in [0.25, 0.3) is 0 Å². The second-order valence-electron chi connectivity index (χ2n) is 5.82. The number of esters is 1. The van der Waals surface area contributed by atoms with E-state index in [-0.39, 0.29) is 18.7 Å². The fraction of sp³-hybridized carbons (Fsp3) is 0.909. The molecule has 2 atom stereocenters. The minimum absolute atomic E-state index is 0.0435. The summed E-state index contributed by atoms with van der Waals surface area (Å²) in [4.78, 5) is 11.5. The molecule has 0 radical (unpaired) electrons. The summed E-state index contributed by atoms with van der Waals surface area (Å²) in [5, 5.41) is 9.56. The van der Waals surface area contributed by atoms with Crippen LogP contribution < -0.4 is 0 Å². The van der Waals surface area contributed by atoms with E-state index in [1.54, 1.807) is 0 Å². The number of nitrogens with zero attached hydrogens (tertiary/aromatic N) is 1. The Balaban J connectivity index is 2.95. The first-order chi connectivity index (χ1) is 8.07. The van der Waals surface area contributed by atoms with E-state index < -0.39 is 33.6 Å². The second kappa shape index (κ2) is 5.14. The summed E-state index contributed by atoms with van der Waals surface area (Å²) in [6.07, 6.45) is -0.723. The first-order valence-corrected chi connectivity index (χ1v) is 7.43. The highest BCUT2D eigenvalue weighted by molar-refractivity contribution is 7.89. The third kappa shape index (κ3) is 3.66. The fourth-order valence-electron chi connectivity index (χ4n) is 2.07. The fourth-order valence-corrected chi connectivity index (χ4v) is 4.29. The lowest BCUT2D eigenvalue weighted by Gasteiger charge is -2.26. The molecule has 0 bridgehead atoms. The molecule has 0 aliphatic carbocycles. The van der Waals surface area contributed by atoms with Crippen LogP contribution in [0.4, 0.5) is 0 Å². The largest absolute Gasteiger partial charge is 0.468 e. The smallest absolute Gasteiger partial charge is 0.324 e. The van der Waals surface area contributed by atoms with E-state index in [1.807, 2.05) is 20.8 Å². The van der Waals surface area contributed by atoms with E-state index in [9.17, 15) is 18.3 Å². The molecule has 1 N–H and O–H groups in total. The van der Waals surface area contributed by atoms with Gasteiger partial charge in [0.1, 0.15) is 6.04 Å². The average Bonchev–Trinajstić information content (AvgIpc) is 2.56. The van der Waals surface area contributed by atoms with Gasteiger partial charge in [0.15, 0.2) is 0 Å². The van der Waals surface area contributed by atoms with E-state index in [0.29, 0.717) is 0 Å². The molecule has 0 aromatic rings. The van der Waals surface area contributed by atoms with Crippen LogP contribution in [0.5, 0.6) is 0 Å². The number of aliphatic hydroxyl groups is 1. The Hall–Kier alpha value is -0.660. The predicted molar refractivity (Wildman–Crippen MR) is 66.4 cm³/mol. The number of hydrogen-bond donors (Lipinski definition) is 1. The Morgan fingerprint density at radius 2 is 2.00 bits per heavy atom. The summed E-state index contributed by atoms with van der Waals surface area (Å²) in [7, 11) is -2.37. The van der Waals surface area contributed by atoms with E-state index in [0.717, 1.165) is 4.31 Å². The number of sulfonamides is 1. The molecule has 2 unspecified atom stereocenters. The van der Waals surface area contributed by atoms with Crippen LogP contribution >= 0.6 is 0 Å². The SMILES string of the molecule is COC(=O)C1CC(O)CN1S(=O)(=O)CC(C)(C)C. The van der Waals surface area contributed by atoms with Crippen molar-refractivity contribution >= 4 is 16.0 Å². The molecule has 1 fully saturated rings. The monoisotopic (exact) mass is 279 g/mol. The second-order valence-corrected chi connectivity index (χ2v) is 7.74. The van der Waals surface area contributed by atoms with Crippen LogP contribution in [0.3, 0.4) is 0 Å². The van der Waals surface area contributed by atoms with Gasteiger partial charge in [-0.1, -0.05) is 20.8 Å². The third-order valence-electron chi connectivity index (χ3n) is 2.68. The number of methoxy groups -OCH3 is 1. The van der Waals surface area contributed by atoms with Crippen LogP contribution in [0.1, 0.15) is 27.2 Å². The minimum atomic E-state index is -3.58. The Morgan fingerprint density at radius 3 is 2.44 bits per heavy atom. The standard InChI is InChI=1S/C11H21NO5S/c1-11(2,3)7-18(15,16)12-6-8(13)5-9(12)10(14)17-4/h8-9,13H,5-7H2,1-4H3. The zero-order valence-electron chi connectivity index (χ0n) is 11.2. The maximum absolute atomic E-state index is 12.2. The van der Waals surface area contributed by atoms with Crippen LogP contribution in [0, 0.1) is 5.41 Å². The van der Waals surface area contributed by atoms with Crippen LogP contribution in [-0.4, -0.2) is 55.4 Å². The maximum atomic E-state index is 12.2. The molecule has 0 aromatic carbocycles. The molecular weight excluding hydrogens is 258 g/mol. The van der Waals surface area contributed by atoms with Gasteiger partial charge in [-0.25, -0.2) is 8.42 Å². The Kier molecular flexibility index (Phi) is 4.40. The highest BCUT2D eigenvalue weighted by atomic mass is 32.2. The quantitative estimate of drug-likeness (QED) is 0.733. The van der Waals surface area contributed by atoms with Gasteiger partial charge in [0.2, 0.25) is 10.0 Å². The van der Waals surface area contributed by atoms with Gasteiger partial charge in [0.05, 0.1) is 19.0 Å². The van der Waals surface area contributed by atoms with Crippen molar-refractivity contribution in [1.29, 1.82) is 0 Å². The number of ether oxygens (including phenoxy) is 1. The lowest BCUT2D eigenvalue weighted by Crippen LogP contribution is -2.44. The van der Waals surface area contributed by atoms with E-state index >= 15 is 0 Å². The number of hydrogen-bond acceptors (Lipinski definition) is 5. The summed E-state index contributed by atoms with van der Waals surface area (Å²) in [5.41, 5.74) is -0.410. The van der Waals surface area contributed by atoms with Gasteiger partial charge >= 0.3 is 5.97 Å². The van der Waals surface area contributed by atoms with Crippen molar-refractivity contribution in [2.24, 2.45) is 5.41 Å². The molecule has 18 heavy (non-hydrogen) atoms. The zero-order chi connectivity index (χ0) is 14.1. The molecule has 1 saturated heterocycles. The van der Waals surface area contributed by atoms with Crippen molar-refractivity contribution in [3.05, 3.63) is 0 Å². The summed E-state index contributed by atoms with van der Waals surface area (Å²) < 4.78 is 30.1. The van der Waals surface area contributed by atoms with Crippen molar-refractivity contribution in [3.63, 3.8) is 0 Å². The summed E-state index contributed by atoms with van der Waals surface area (Å²) >= 11 is 0. The van der Waals surface area contributed by atoms with Crippen molar-refractivity contribution in [1.82, 2.24) is 4.31 Å². The molecule has 0 spiro atoms. The molecule has 0 aromatic heterocycles. The zero-order valence-corrected chi connectivity index (χ0v) is 12.0. The molecule has 7 heteroatoms. The maximum Gasteiger partial charge on any atom is 0.324 e. The Morgan fingerprint density at radius 1 is 1.44 bits per heavy atom. The molecular formula is C11H21NO5S. The molecule has 1 heterocycles. The molecule has 1 rings (SSSR count). The van der Waals surface area contributed by atoms with Gasteiger partial charge in [0, 0.05) is 13.0 Å². The summed E-state index contributed by atoms with van der Waals surface area (Å²) in [5.74, 6) is -0.690. The van der Waals surface area contributed by atoms with Gasteiger partial charge in [0.25, 0.3) is 0 Å². The molecule has 0 amide bonds. The van der Waals surface area contributed by atoms with Gasteiger partial charge in [-0.15, -0.1) is 0 Å². The van der Waals surface area contributed by atoms with E-state index in [4.69, 9.17) is 0 Å². The first kappa shape index (κ1) is 15.4. The topological polar surface area (TPSA) is 83.9 Å². The molecule has 1 aliphatic heterocycles. The van der Waals surface area contributed by atoms with Crippen molar-refractivity contribution in [3.8, 4) is 0 Å². The normalized spacial score (nSPS) is 26.3. The number of carbonyl (C=O) groups is 1. The average molecular weight is 279 g/mol. The van der Waals surface area contributed by atoms with Gasteiger partial charge in [-0.3, -0.25) is 4.79 Å². The molecule has 106 valence electrons. The molecule has 6 nitrogen and oxygen atoms in total. The van der Waals surface area contributed by atoms with Crippen molar-refractivity contribution < 1.29 is 23.1 Å². The summed E-state index contributed by atoms with van der Waals surface area (Å²) in [6.45, 7) is 5.39.